The number of carboxylic acids is 1. The fourth-order valence-corrected chi connectivity index (χ4v) is 3.95. The van der Waals surface area contributed by atoms with E-state index in [2.05, 4.69) is 26.6 Å². The number of carbonyl (C=O) groups is 7. The highest BCUT2D eigenvalue weighted by atomic mass is 16.4. The maximum atomic E-state index is 13.2. The second kappa shape index (κ2) is 20.3. The van der Waals surface area contributed by atoms with Gasteiger partial charge < -0.3 is 59.1 Å². The number of aromatic hydroxyl groups is 1. The van der Waals surface area contributed by atoms with E-state index in [0.29, 0.717) is 18.4 Å². The van der Waals surface area contributed by atoms with Crippen LogP contribution in [0.4, 0.5) is 0 Å². The molecule has 0 heterocycles. The molecule has 0 saturated heterocycles. The molecule has 1 rings (SSSR count). The van der Waals surface area contributed by atoms with Crippen molar-refractivity contribution in [3.05, 3.63) is 29.8 Å². The number of unbranched alkanes of at least 4 members (excludes halogenated alkanes) is 1. The SMILES string of the molecule is C[C@H](NC(=O)[C@H](CCC(N)=O)NC(=O)[C@H](CCCCN)NC(=O)[C@H](CO)NC(=O)CNC(=O)[C@@H](N)Cc1ccc(O)cc1)C(=O)O. The first-order chi connectivity index (χ1) is 21.7. The Hall–Kier alpha value is -4.81. The Labute approximate surface area is 265 Å². The zero-order valence-electron chi connectivity index (χ0n) is 25.5. The van der Waals surface area contributed by atoms with Gasteiger partial charge in [-0.3, -0.25) is 33.6 Å². The third-order valence-electron chi connectivity index (χ3n) is 6.61. The summed E-state index contributed by atoms with van der Waals surface area (Å²) in [6, 6.07) is -0.513. The summed E-state index contributed by atoms with van der Waals surface area (Å²) in [5.74, 6) is -6.31. The van der Waals surface area contributed by atoms with Crippen molar-refractivity contribution < 1.29 is 48.9 Å². The van der Waals surface area contributed by atoms with Gasteiger partial charge in [0.05, 0.1) is 19.2 Å². The lowest BCUT2D eigenvalue weighted by molar-refractivity contribution is -0.142. The summed E-state index contributed by atoms with van der Waals surface area (Å²) >= 11 is 0. The van der Waals surface area contributed by atoms with E-state index in [1.165, 1.54) is 19.1 Å². The highest BCUT2D eigenvalue weighted by Gasteiger charge is 2.30. The summed E-state index contributed by atoms with van der Waals surface area (Å²) in [7, 11) is 0. The first-order valence-corrected chi connectivity index (χ1v) is 14.5. The van der Waals surface area contributed by atoms with E-state index in [-0.39, 0.29) is 38.0 Å². The van der Waals surface area contributed by atoms with E-state index in [9.17, 15) is 43.8 Å². The molecular weight excluding hydrogens is 608 g/mol. The monoisotopic (exact) mass is 652 g/mol. The molecular formula is C28H44N8O10. The van der Waals surface area contributed by atoms with E-state index in [4.69, 9.17) is 22.3 Å². The molecule has 1 aromatic carbocycles. The minimum atomic E-state index is -1.54. The summed E-state index contributed by atoms with van der Waals surface area (Å²) in [6.07, 6.45) is 0.396. The van der Waals surface area contributed by atoms with Crippen LogP contribution in [0, 0.1) is 0 Å². The number of nitrogens with one attached hydrogen (secondary N) is 5. The number of phenols is 1. The second-order valence-electron chi connectivity index (χ2n) is 10.5. The Morgan fingerprint density at radius 2 is 1.37 bits per heavy atom. The molecule has 0 aromatic heterocycles. The number of hydrogen-bond acceptors (Lipinski definition) is 11. The van der Waals surface area contributed by atoms with E-state index in [0.717, 1.165) is 0 Å². The molecule has 5 atom stereocenters. The number of aliphatic carboxylic acids is 1. The van der Waals surface area contributed by atoms with Crippen LogP contribution in [-0.2, 0) is 40.0 Å². The van der Waals surface area contributed by atoms with Gasteiger partial charge >= 0.3 is 5.97 Å². The van der Waals surface area contributed by atoms with Gasteiger partial charge in [-0.15, -0.1) is 0 Å². The molecule has 0 unspecified atom stereocenters. The van der Waals surface area contributed by atoms with Crippen molar-refractivity contribution in [1.82, 2.24) is 26.6 Å². The average Bonchev–Trinajstić information content (AvgIpc) is 3.00. The average molecular weight is 653 g/mol. The van der Waals surface area contributed by atoms with Crippen LogP contribution >= 0.6 is 0 Å². The minimum absolute atomic E-state index is 0.0333. The zero-order chi connectivity index (χ0) is 34.8. The standard InChI is InChI=1S/C28H44N8O10/c1-15(28(45)46)33-25(42)20(9-10-22(31)39)36-26(43)19(4-2-3-11-29)35-27(44)21(14-37)34-23(40)13-32-24(41)18(30)12-16-5-7-17(38)8-6-16/h5-8,15,18-21,37-38H,2-4,9-14,29-30H2,1H3,(H2,31,39)(H,32,41)(H,33,42)(H,34,40)(H,35,44)(H,36,43)(H,45,46)/t15-,18-,19-,20-,21-/m0/s1. The highest BCUT2D eigenvalue weighted by molar-refractivity contribution is 5.95. The van der Waals surface area contributed by atoms with Gasteiger partial charge in [0, 0.05) is 6.42 Å². The minimum Gasteiger partial charge on any atom is -0.508 e. The predicted octanol–water partition coefficient (Wildman–Crippen LogP) is -4.19. The van der Waals surface area contributed by atoms with Gasteiger partial charge in [0.1, 0.15) is 29.9 Å². The van der Waals surface area contributed by atoms with Crippen molar-refractivity contribution in [2.24, 2.45) is 17.2 Å². The van der Waals surface area contributed by atoms with Gasteiger partial charge in [-0.05, 0) is 63.3 Å². The van der Waals surface area contributed by atoms with Gasteiger partial charge in [0.15, 0.2) is 0 Å². The lowest BCUT2D eigenvalue weighted by atomic mass is 10.1. The van der Waals surface area contributed by atoms with Crippen molar-refractivity contribution in [2.45, 2.75) is 75.7 Å². The Bertz CT molecular complexity index is 1210. The lowest BCUT2D eigenvalue weighted by Gasteiger charge is -2.25. The molecule has 6 amide bonds. The Kier molecular flexibility index (Phi) is 17.3. The first kappa shape index (κ1) is 39.2. The predicted molar refractivity (Wildman–Crippen MR) is 162 cm³/mol. The van der Waals surface area contributed by atoms with Crippen molar-refractivity contribution in [1.29, 1.82) is 0 Å². The van der Waals surface area contributed by atoms with Crippen LogP contribution in [0.3, 0.4) is 0 Å². The van der Waals surface area contributed by atoms with Crippen molar-refractivity contribution >= 4 is 41.4 Å². The molecule has 0 fully saturated rings. The molecule has 256 valence electrons. The third kappa shape index (κ3) is 14.8. The summed E-state index contributed by atoms with van der Waals surface area (Å²) in [6.45, 7) is 0.0140. The topological polar surface area (TPSA) is 318 Å². The number of hydrogen-bond donors (Lipinski definition) is 11. The van der Waals surface area contributed by atoms with E-state index < -0.39 is 84.8 Å². The Morgan fingerprint density at radius 1 is 0.804 bits per heavy atom. The number of aliphatic hydroxyl groups is 1. The summed E-state index contributed by atoms with van der Waals surface area (Å²) in [5.41, 5.74) is 17.2. The highest BCUT2D eigenvalue weighted by Crippen LogP contribution is 2.11. The van der Waals surface area contributed by atoms with Gasteiger partial charge in [-0.2, -0.15) is 0 Å². The molecule has 46 heavy (non-hydrogen) atoms. The number of aliphatic hydroxyl groups excluding tert-OH is 1. The molecule has 18 heteroatoms. The zero-order valence-corrected chi connectivity index (χ0v) is 25.5. The number of carboxylic acid groups (broad SMARTS) is 1. The molecule has 0 aliphatic carbocycles. The van der Waals surface area contributed by atoms with Crippen molar-refractivity contribution in [3.8, 4) is 5.75 Å². The lowest BCUT2D eigenvalue weighted by Crippen LogP contribution is -2.58. The number of nitrogens with two attached hydrogens (primary N) is 3. The van der Waals surface area contributed by atoms with Crippen LogP contribution in [0.5, 0.6) is 5.75 Å². The molecule has 1 aromatic rings. The van der Waals surface area contributed by atoms with E-state index in [1.807, 2.05) is 0 Å². The molecule has 0 saturated carbocycles. The largest absolute Gasteiger partial charge is 0.508 e. The van der Waals surface area contributed by atoms with Gasteiger partial charge in [-0.25, -0.2) is 0 Å². The number of primary amides is 1. The van der Waals surface area contributed by atoms with Crippen LogP contribution in [0.25, 0.3) is 0 Å². The molecule has 0 aliphatic rings. The second-order valence-corrected chi connectivity index (χ2v) is 10.5. The Morgan fingerprint density at radius 3 is 1.91 bits per heavy atom. The van der Waals surface area contributed by atoms with Gasteiger partial charge in [-0.1, -0.05) is 12.1 Å². The third-order valence-corrected chi connectivity index (χ3v) is 6.61. The van der Waals surface area contributed by atoms with E-state index >= 15 is 0 Å². The molecule has 0 radical (unpaired) electrons. The number of carbonyl (C=O) groups excluding carboxylic acids is 6. The van der Waals surface area contributed by atoms with Crippen LogP contribution in [0.2, 0.25) is 0 Å². The molecule has 18 nitrogen and oxygen atoms in total. The van der Waals surface area contributed by atoms with Crippen molar-refractivity contribution in [2.75, 3.05) is 19.7 Å². The number of phenolic OH excluding ortho intramolecular Hbond substituents is 1. The van der Waals surface area contributed by atoms with Crippen molar-refractivity contribution in [3.63, 3.8) is 0 Å². The fourth-order valence-electron chi connectivity index (χ4n) is 3.95. The van der Waals surface area contributed by atoms with Crippen LogP contribution in [0.15, 0.2) is 24.3 Å². The summed E-state index contributed by atoms with van der Waals surface area (Å²) in [4.78, 5) is 86.1. The number of rotatable bonds is 21. The van der Waals surface area contributed by atoms with E-state index in [1.54, 1.807) is 12.1 Å². The molecule has 0 spiro atoms. The molecule has 0 aliphatic heterocycles. The molecule has 0 bridgehead atoms. The fraction of sp³-hybridized carbons (Fsp3) is 0.536. The van der Waals surface area contributed by atoms with Gasteiger partial charge in [0.25, 0.3) is 0 Å². The Balaban J connectivity index is 2.86. The maximum Gasteiger partial charge on any atom is 0.325 e. The quantitative estimate of drug-likeness (QED) is 0.0563. The smallest absolute Gasteiger partial charge is 0.325 e. The van der Waals surface area contributed by atoms with Crippen LogP contribution in [-0.4, -0.2) is 107 Å². The summed E-state index contributed by atoms with van der Waals surface area (Å²) < 4.78 is 0. The number of amides is 6. The summed E-state index contributed by atoms with van der Waals surface area (Å²) in [5, 5.41) is 39.8. The first-order valence-electron chi connectivity index (χ1n) is 14.5. The van der Waals surface area contributed by atoms with Crippen LogP contribution < -0.4 is 43.8 Å². The molecule has 14 N–H and O–H groups in total. The van der Waals surface area contributed by atoms with Crippen LogP contribution in [0.1, 0.15) is 44.6 Å². The normalized spacial score (nSPS) is 14.0. The maximum absolute atomic E-state index is 13.2. The van der Waals surface area contributed by atoms with Gasteiger partial charge in [0.2, 0.25) is 35.4 Å². The number of benzene rings is 1.